The van der Waals surface area contributed by atoms with Crippen LogP contribution in [-0.2, 0) is 0 Å². The minimum atomic E-state index is -0.834. The Kier molecular flexibility index (Phi) is 4.45. The molecule has 10 heteroatoms. The lowest BCUT2D eigenvalue weighted by atomic mass is 10.2. The third-order valence-electron chi connectivity index (χ3n) is 2.23. The van der Waals surface area contributed by atoms with Crippen LogP contribution in [0, 0.1) is 10.1 Å². The van der Waals surface area contributed by atoms with Crippen LogP contribution in [0.1, 0.15) is 10.4 Å². The number of halogens is 1. The molecule has 0 radical (unpaired) electrons. The first-order chi connectivity index (χ1) is 9.95. The van der Waals surface area contributed by atoms with E-state index in [1.54, 1.807) is 0 Å². The van der Waals surface area contributed by atoms with Gasteiger partial charge in [0, 0.05) is 10.6 Å². The van der Waals surface area contributed by atoms with Gasteiger partial charge in [0.15, 0.2) is 5.13 Å². The summed E-state index contributed by atoms with van der Waals surface area (Å²) in [6.45, 7) is 0. The van der Waals surface area contributed by atoms with Crippen molar-refractivity contribution in [1.82, 2.24) is 10.3 Å². The third kappa shape index (κ3) is 3.97. The average Bonchev–Trinajstić information content (AvgIpc) is 2.87. The van der Waals surface area contributed by atoms with Gasteiger partial charge in [0.2, 0.25) is 0 Å². The highest BCUT2D eigenvalue weighted by Gasteiger charge is 2.15. The maximum absolute atomic E-state index is 11.7. The van der Waals surface area contributed by atoms with Crippen LogP contribution in [0.5, 0.6) is 0 Å². The number of nitro groups is 1. The fraction of sp³-hybridized carbons (Fsp3) is 0. The van der Waals surface area contributed by atoms with Gasteiger partial charge in [0.25, 0.3) is 5.91 Å². The zero-order valence-electron chi connectivity index (χ0n) is 10.2. The molecule has 0 aliphatic heterocycles. The van der Waals surface area contributed by atoms with Crippen LogP contribution in [-0.4, -0.2) is 21.8 Å². The van der Waals surface area contributed by atoms with Gasteiger partial charge >= 0.3 is 11.0 Å². The fourth-order valence-electron chi connectivity index (χ4n) is 1.31. The van der Waals surface area contributed by atoms with Gasteiger partial charge < -0.3 is 0 Å². The van der Waals surface area contributed by atoms with E-state index in [9.17, 15) is 19.7 Å². The second kappa shape index (κ2) is 6.29. The number of amides is 3. The number of urea groups is 1. The number of carbonyl (C=O) groups excluding carboxylic acids is 2. The molecule has 8 nitrogen and oxygen atoms in total. The molecule has 0 atom stereocenters. The molecule has 0 saturated carbocycles. The van der Waals surface area contributed by atoms with Crippen LogP contribution in [0.15, 0.2) is 30.5 Å². The van der Waals surface area contributed by atoms with E-state index in [0.29, 0.717) is 16.4 Å². The van der Waals surface area contributed by atoms with Gasteiger partial charge in [0.1, 0.15) is 6.20 Å². The number of hydrogen-bond donors (Lipinski definition) is 2. The number of nitrogens with zero attached hydrogens (tertiary/aromatic N) is 2. The molecule has 2 N–H and O–H groups in total. The number of benzene rings is 1. The van der Waals surface area contributed by atoms with Crippen LogP contribution >= 0.6 is 22.9 Å². The zero-order chi connectivity index (χ0) is 15.4. The summed E-state index contributed by atoms with van der Waals surface area (Å²) in [6.07, 6.45) is 1.02. The monoisotopic (exact) mass is 326 g/mol. The SMILES string of the molecule is O=C(NC(=O)c1ccc(Cl)cc1)Nc1ncc([N+](=O)[O-])s1. The van der Waals surface area contributed by atoms with E-state index in [4.69, 9.17) is 11.6 Å². The summed E-state index contributed by atoms with van der Waals surface area (Å²) < 4.78 is 0. The summed E-state index contributed by atoms with van der Waals surface area (Å²) in [5, 5.41) is 15.0. The maximum Gasteiger partial charge on any atom is 0.345 e. The Labute approximate surface area is 126 Å². The van der Waals surface area contributed by atoms with Crippen LogP contribution < -0.4 is 10.6 Å². The Hall–Kier alpha value is -2.52. The Morgan fingerprint density at radius 2 is 1.95 bits per heavy atom. The summed E-state index contributed by atoms with van der Waals surface area (Å²) in [4.78, 5) is 36.8. The fourth-order valence-corrected chi connectivity index (χ4v) is 2.07. The summed E-state index contributed by atoms with van der Waals surface area (Å²) in [5.74, 6) is -0.629. The third-order valence-corrected chi connectivity index (χ3v) is 3.34. The number of anilines is 1. The molecule has 2 aromatic rings. The van der Waals surface area contributed by atoms with E-state index in [0.717, 1.165) is 6.20 Å². The van der Waals surface area contributed by atoms with Gasteiger partial charge in [0.05, 0.1) is 4.92 Å². The van der Waals surface area contributed by atoms with Gasteiger partial charge in [-0.3, -0.25) is 25.5 Å². The highest BCUT2D eigenvalue weighted by Crippen LogP contribution is 2.24. The normalized spacial score (nSPS) is 9.95. The summed E-state index contributed by atoms with van der Waals surface area (Å²) in [6, 6.07) is 5.11. The molecule has 1 aromatic carbocycles. The molecule has 0 fully saturated rings. The molecule has 1 aromatic heterocycles. The Morgan fingerprint density at radius 1 is 1.29 bits per heavy atom. The highest BCUT2D eigenvalue weighted by atomic mass is 35.5. The van der Waals surface area contributed by atoms with E-state index in [1.807, 2.05) is 0 Å². The van der Waals surface area contributed by atoms with Crippen molar-refractivity contribution in [2.75, 3.05) is 5.32 Å². The first kappa shape index (κ1) is 14.9. The van der Waals surface area contributed by atoms with E-state index in [1.165, 1.54) is 24.3 Å². The average molecular weight is 327 g/mol. The quantitative estimate of drug-likeness (QED) is 0.664. The molecule has 1 heterocycles. The lowest BCUT2D eigenvalue weighted by Crippen LogP contribution is -2.34. The minimum absolute atomic E-state index is 0.0168. The van der Waals surface area contributed by atoms with Crippen molar-refractivity contribution in [3.8, 4) is 0 Å². The standard InChI is InChI=1S/C11H7ClN4O4S/c12-7-3-1-6(2-4-7)9(17)14-10(18)15-11-13-5-8(21-11)16(19)20/h1-5H,(H2,13,14,15,17,18). The van der Waals surface area contributed by atoms with Gasteiger partial charge in [-0.05, 0) is 35.6 Å². The number of carbonyl (C=O) groups is 2. The molecular weight excluding hydrogens is 320 g/mol. The van der Waals surface area contributed by atoms with E-state index >= 15 is 0 Å². The number of hydrogen-bond acceptors (Lipinski definition) is 6. The van der Waals surface area contributed by atoms with E-state index in [-0.39, 0.29) is 15.7 Å². The molecule has 0 aliphatic carbocycles. The molecule has 108 valence electrons. The Bertz CT molecular complexity index is 701. The largest absolute Gasteiger partial charge is 0.345 e. The summed E-state index contributed by atoms with van der Waals surface area (Å²) >= 11 is 6.37. The Morgan fingerprint density at radius 3 is 2.52 bits per heavy atom. The number of rotatable bonds is 3. The van der Waals surface area contributed by atoms with Crippen molar-refractivity contribution in [2.24, 2.45) is 0 Å². The summed E-state index contributed by atoms with van der Waals surface area (Å²) in [5.41, 5.74) is 0.250. The lowest BCUT2D eigenvalue weighted by Gasteiger charge is -2.04. The smallest absolute Gasteiger partial charge is 0.283 e. The summed E-state index contributed by atoms with van der Waals surface area (Å²) in [7, 11) is 0. The first-order valence-corrected chi connectivity index (χ1v) is 6.63. The second-order valence-electron chi connectivity index (χ2n) is 3.68. The highest BCUT2D eigenvalue weighted by molar-refractivity contribution is 7.18. The predicted octanol–water partition coefficient (Wildman–Crippen LogP) is 2.67. The predicted molar refractivity (Wildman–Crippen MR) is 76.7 cm³/mol. The topological polar surface area (TPSA) is 114 Å². The van der Waals surface area contributed by atoms with Gasteiger partial charge in [-0.1, -0.05) is 11.6 Å². The van der Waals surface area contributed by atoms with Crippen LogP contribution in [0.4, 0.5) is 14.9 Å². The van der Waals surface area contributed by atoms with Crippen molar-refractivity contribution >= 4 is 45.0 Å². The number of aromatic nitrogens is 1. The van der Waals surface area contributed by atoms with Crippen LogP contribution in [0.2, 0.25) is 5.02 Å². The van der Waals surface area contributed by atoms with Crippen molar-refractivity contribution in [2.45, 2.75) is 0 Å². The Balaban J connectivity index is 1.96. The van der Waals surface area contributed by atoms with Gasteiger partial charge in [-0.25, -0.2) is 9.78 Å². The van der Waals surface area contributed by atoms with Crippen molar-refractivity contribution in [3.63, 3.8) is 0 Å². The molecule has 0 bridgehead atoms. The zero-order valence-corrected chi connectivity index (χ0v) is 11.8. The molecule has 0 aliphatic rings. The van der Waals surface area contributed by atoms with Crippen LogP contribution in [0.3, 0.4) is 0 Å². The molecule has 21 heavy (non-hydrogen) atoms. The van der Waals surface area contributed by atoms with E-state index < -0.39 is 16.9 Å². The minimum Gasteiger partial charge on any atom is -0.283 e. The maximum atomic E-state index is 11.7. The van der Waals surface area contributed by atoms with Crippen LogP contribution in [0.25, 0.3) is 0 Å². The molecule has 2 rings (SSSR count). The van der Waals surface area contributed by atoms with Crippen molar-refractivity contribution in [3.05, 3.63) is 51.2 Å². The van der Waals surface area contributed by atoms with E-state index in [2.05, 4.69) is 15.6 Å². The lowest BCUT2D eigenvalue weighted by molar-refractivity contribution is -0.380. The van der Waals surface area contributed by atoms with Gasteiger partial charge in [-0.15, -0.1) is 0 Å². The molecular formula is C11H7ClN4O4S. The first-order valence-electron chi connectivity index (χ1n) is 5.44. The molecule has 3 amide bonds. The molecule has 0 saturated heterocycles. The second-order valence-corrected chi connectivity index (χ2v) is 5.12. The molecule has 0 spiro atoms. The number of thiazole rings is 1. The van der Waals surface area contributed by atoms with Crippen molar-refractivity contribution < 1.29 is 14.5 Å². The number of nitrogens with one attached hydrogen (secondary N) is 2. The van der Waals surface area contributed by atoms with Gasteiger partial charge in [-0.2, -0.15) is 0 Å². The van der Waals surface area contributed by atoms with Crippen molar-refractivity contribution in [1.29, 1.82) is 0 Å². The number of imide groups is 1. The molecule has 0 unspecified atom stereocenters.